The third kappa shape index (κ3) is 5.71. The van der Waals surface area contributed by atoms with E-state index in [9.17, 15) is 19.2 Å². The monoisotopic (exact) mass is 581 g/mol. The summed E-state index contributed by atoms with van der Waals surface area (Å²) in [6.07, 6.45) is 5.45. The van der Waals surface area contributed by atoms with Crippen LogP contribution < -0.4 is 5.32 Å². The molecule has 0 spiro atoms. The lowest BCUT2D eigenvalue weighted by Crippen LogP contribution is -2.34. The van der Waals surface area contributed by atoms with Crippen molar-refractivity contribution in [2.75, 3.05) is 19.7 Å². The van der Waals surface area contributed by atoms with Crippen LogP contribution in [0.25, 0.3) is 17.0 Å². The Hall–Kier alpha value is -3.21. The Morgan fingerprint density at radius 2 is 1.95 bits per heavy atom. The van der Waals surface area contributed by atoms with Gasteiger partial charge in [-0.05, 0) is 48.9 Å². The average molecular weight is 582 g/mol. The van der Waals surface area contributed by atoms with Gasteiger partial charge in [-0.3, -0.25) is 24.1 Å². The number of benzene rings is 2. The SMILES string of the molecule is O=C(Cn1cc(/C=C2\SC(=O)N(CC(=O)c3ccccc3)C2=O)c2cc(Br)ccc21)NC[C@H]1CCCO1. The van der Waals surface area contributed by atoms with Gasteiger partial charge >= 0.3 is 0 Å². The number of amides is 3. The molecule has 2 fully saturated rings. The first-order valence-electron chi connectivity index (χ1n) is 11.9. The lowest BCUT2D eigenvalue weighted by molar-refractivity contribution is -0.123. The summed E-state index contributed by atoms with van der Waals surface area (Å²) >= 11 is 4.29. The van der Waals surface area contributed by atoms with E-state index in [2.05, 4.69) is 21.2 Å². The number of thioether (sulfide) groups is 1. The molecule has 0 radical (unpaired) electrons. The van der Waals surface area contributed by atoms with Gasteiger partial charge in [0.2, 0.25) is 5.91 Å². The van der Waals surface area contributed by atoms with Gasteiger partial charge < -0.3 is 14.6 Å². The van der Waals surface area contributed by atoms with Crippen LogP contribution in [0.1, 0.15) is 28.8 Å². The molecule has 8 nitrogen and oxygen atoms in total. The highest BCUT2D eigenvalue weighted by Gasteiger charge is 2.36. The Bertz CT molecular complexity index is 1410. The molecular weight excluding hydrogens is 558 g/mol. The lowest BCUT2D eigenvalue weighted by Gasteiger charge is -2.11. The van der Waals surface area contributed by atoms with E-state index in [1.54, 1.807) is 42.6 Å². The van der Waals surface area contributed by atoms with Gasteiger partial charge in [0, 0.05) is 45.9 Å². The van der Waals surface area contributed by atoms with E-state index < -0.39 is 11.1 Å². The van der Waals surface area contributed by atoms with Crippen LogP contribution in [0.4, 0.5) is 4.79 Å². The van der Waals surface area contributed by atoms with E-state index >= 15 is 0 Å². The smallest absolute Gasteiger partial charge is 0.293 e. The van der Waals surface area contributed by atoms with Gasteiger partial charge in [0.05, 0.1) is 17.6 Å². The molecule has 2 aliphatic rings. The van der Waals surface area contributed by atoms with Crippen molar-refractivity contribution in [2.24, 2.45) is 0 Å². The minimum Gasteiger partial charge on any atom is -0.376 e. The molecule has 190 valence electrons. The maximum Gasteiger partial charge on any atom is 0.293 e. The first-order chi connectivity index (χ1) is 17.9. The van der Waals surface area contributed by atoms with Crippen molar-refractivity contribution in [3.63, 3.8) is 0 Å². The van der Waals surface area contributed by atoms with Crippen molar-refractivity contribution in [3.8, 4) is 0 Å². The van der Waals surface area contributed by atoms with Gasteiger partial charge in [-0.1, -0.05) is 46.3 Å². The van der Waals surface area contributed by atoms with Crippen molar-refractivity contribution in [1.82, 2.24) is 14.8 Å². The summed E-state index contributed by atoms with van der Waals surface area (Å²) in [7, 11) is 0. The topological polar surface area (TPSA) is 97.7 Å². The molecule has 1 N–H and O–H groups in total. The zero-order valence-electron chi connectivity index (χ0n) is 19.8. The molecule has 2 saturated heterocycles. The Kier molecular flexibility index (Phi) is 7.59. The third-order valence-electron chi connectivity index (χ3n) is 6.30. The van der Waals surface area contributed by atoms with Crippen LogP contribution in [0.15, 0.2) is 64.1 Å². The van der Waals surface area contributed by atoms with Crippen LogP contribution in [0, 0.1) is 0 Å². The molecule has 5 rings (SSSR count). The minimum absolute atomic E-state index is 0.0567. The highest BCUT2D eigenvalue weighted by atomic mass is 79.9. The number of rotatable bonds is 8. The van der Waals surface area contributed by atoms with E-state index in [4.69, 9.17) is 4.74 Å². The summed E-state index contributed by atoms with van der Waals surface area (Å²) in [5.74, 6) is -0.954. The predicted octanol–water partition coefficient (Wildman–Crippen LogP) is 4.62. The van der Waals surface area contributed by atoms with Crippen molar-refractivity contribution in [2.45, 2.75) is 25.5 Å². The first-order valence-corrected chi connectivity index (χ1v) is 13.5. The number of ether oxygens (including phenoxy) is 1. The molecule has 10 heteroatoms. The maximum absolute atomic E-state index is 13.1. The molecule has 1 aromatic heterocycles. The van der Waals surface area contributed by atoms with Gasteiger partial charge in [-0.25, -0.2) is 0 Å². The molecule has 3 amide bonds. The van der Waals surface area contributed by atoms with Gasteiger partial charge in [0.1, 0.15) is 6.54 Å². The molecular formula is C27H24BrN3O5S. The fourth-order valence-electron chi connectivity index (χ4n) is 4.42. The van der Waals surface area contributed by atoms with Crippen LogP contribution in [0.2, 0.25) is 0 Å². The second kappa shape index (κ2) is 11.0. The number of carbonyl (C=O) groups excluding carboxylic acids is 4. The second-order valence-corrected chi connectivity index (χ2v) is 10.8. The normalized spacial score (nSPS) is 18.8. The van der Waals surface area contributed by atoms with E-state index in [0.717, 1.165) is 51.5 Å². The van der Waals surface area contributed by atoms with Gasteiger partial charge in [0.15, 0.2) is 5.78 Å². The zero-order valence-corrected chi connectivity index (χ0v) is 22.2. The number of nitrogens with zero attached hydrogens (tertiary/aromatic N) is 2. The lowest BCUT2D eigenvalue weighted by atomic mass is 10.1. The number of nitrogens with one attached hydrogen (secondary N) is 1. The molecule has 2 aliphatic heterocycles. The van der Waals surface area contributed by atoms with E-state index in [1.807, 2.05) is 22.8 Å². The summed E-state index contributed by atoms with van der Waals surface area (Å²) in [4.78, 5) is 52.1. The Morgan fingerprint density at radius 3 is 2.70 bits per heavy atom. The Balaban J connectivity index is 1.36. The number of imide groups is 1. The van der Waals surface area contributed by atoms with Crippen LogP contribution >= 0.6 is 27.7 Å². The number of hydrogen-bond donors (Lipinski definition) is 1. The van der Waals surface area contributed by atoms with Gasteiger partial charge in [-0.15, -0.1) is 0 Å². The first kappa shape index (κ1) is 25.4. The number of carbonyl (C=O) groups is 4. The molecule has 3 heterocycles. The standard InChI is InChI=1S/C27H24BrN3O5S/c28-19-8-9-22-21(12-19)18(14-30(22)16-25(33)29-13-20-7-4-10-36-20)11-24-26(34)31(27(35)37-24)15-23(32)17-5-2-1-3-6-17/h1-3,5-6,8-9,11-12,14,20H,4,7,10,13,15-16H2,(H,29,33)/b24-11-/t20-/m1/s1. The quantitative estimate of drug-likeness (QED) is 0.308. The van der Waals surface area contributed by atoms with Crippen LogP contribution in [-0.2, 0) is 20.9 Å². The fourth-order valence-corrected chi connectivity index (χ4v) is 5.61. The average Bonchev–Trinajstić information content (AvgIpc) is 3.59. The number of fused-ring (bicyclic) bond motifs is 1. The van der Waals surface area contributed by atoms with Crippen molar-refractivity contribution in [3.05, 3.63) is 75.2 Å². The van der Waals surface area contributed by atoms with E-state index in [0.29, 0.717) is 17.7 Å². The van der Waals surface area contributed by atoms with Crippen molar-refractivity contribution in [1.29, 1.82) is 0 Å². The number of hydrogen-bond acceptors (Lipinski definition) is 6. The zero-order chi connectivity index (χ0) is 25.9. The summed E-state index contributed by atoms with van der Waals surface area (Å²) in [6, 6.07) is 14.3. The van der Waals surface area contributed by atoms with Crippen LogP contribution in [0.3, 0.4) is 0 Å². The van der Waals surface area contributed by atoms with E-state index in [-0.39, 0.29) is 35.8 Å². The highest BCUT2D eigenvalue weighted by molar-refractivity contribution is 9.10. The molecule has 0 bridgehead atoms. The number of Topliss-reactive ketones (excluding diaryl/α,β-unsaturated/α-hetero) is 1. The molecule has 0 saturated carbocycles. The Morgan fingerprint density at radius 1 is 1.14 bits per heavy atom. The summed E-state index contributed by atoms with van der Waals surface area (Å²) < 4.78 is 8.24. The fraction of sp³-hybridized carbons (Fsp3) is 0.259. The maximum atomic E-state index is 13.1. The van der Waals surface area contributed by atoms with E-state index in [1.165, 1.54) is 0 Å². The van der Waals surface area contributed by atoms with Crippen LogP contribution in [-0.4, -0.2) is 58.1 Å². The molecule has 37 heavy (non-hydrogen) atoms. The van der Waals surface area contributed by atoms with Crippen LogP contribution in [0.5, 0.6) is 0 Å². The minimum atomic E-state index is -0.510. The summed E-state index contributed by atoms with van der Waals surface area (Å²) in [5.41, 5.74) is 1.96. The number of halogens is 1. The third-order valence-corrected chi connectivity index (χ3v) is 7.70. The highest BCUT2D eigenvalue weighted by Crippen LogP contribution is 2.35. The Labute approximate surface area is 226 Å². The van der Waals surface area contributed by atoms with Gasteiger partial charge in [0.25, 0.3) is 11.1 Å². The molecule has 0 aliphatic carbocycles. The summed E-state index contributed by atoms with van der Waals surface area (Å²) in [6.45, 7) is 0.994. The number of ketones is 1. The molecule has 1 atom stereocenters. The van der Waals surface area contributed by atoms with Crippen molar-refractivity contribution < 1.29 is 23.9 Å². The number of aromatic nitrogens is 1. The molecule has 3 aromatic rings. The molecule has 2 aromatic carbocycles. The molecule has 0 unspecified atom stereocenters. The van der Waals surface area contributed by atoms with Gasteiger partial charge in [-0.2, -0.15) is 0 Å². The summed E-state index contributed by atoms with van der Waals surface area (Å²) in [5, 5.41) is 3.27. The predicted molar refractivity (Wildman–Crippen MR) is 145 cm³/mol. The van der Waals surface area contributed by atoms with Crippen molar-refractivity contribution >= 4 is 67.5 Å². The largest absolute Gasteiger partial charge is 0.376 e. The second-order valence-electron chi connectivity index (χ2n) is 8.87.